The van der Waals surface area contributed by atoms with Crippen LogP contribution in [0.4, 0.5) is 0 Å². The topological polar surface area (TPSA) is 95.2 Å². The van der Waals surface area contributed by atoms with E-state index < -0.39 is 11.3 Å². The molecule has 1 fully saturated rings. The minimum atomic E-state index is -0.783. The molecule has 94 valence electrons. The second kappa shape index (κ2) is 3.94. The van der Waals surface area contributed by atoms with Crippen molar-refractivity contribution in [1.29, 1.82) is 0 Å². The summed E-state index contributed by atoms with van der Waals surface area (Å²) < 4.78 is 11.1. The number of furan rings is 1. The zero-order valence-corrected chi connectivity index (χ0v) is 10.9. The molecule has 1 amide bonds. The van der Waals surface area contributed by atoms with Crippen molar-refractivity contribution in [1.82, 2.24) is 10.1 Å². The number of rotatable bonds is 3. The summed E-state index contributed by atoms with van der Waals surface area (Å²) in [6.07, 6.45) is 2.25. The maximum Gasteiger partial charge on any atom is 0.242 e. The molecule has 0 aliphatic heterocycles. The average Bonchev–Trinajstić information content (AvgIpc) is 2.84. The Morgan fingerprint density at radius 1 is 1.44 bits per heavy atom. The van der Waals surface area contributed by atoms with E-state index in [0.29, 0.717) is 29.1 Å². The summed E-state index contributed by atoms with van der Waals surface area (Å²) in [5.41, 5.74) is 4.64. The van der Waals surface area contributed by atoms with Gasteiger partial charge in [0, 0.05) is 0 Å². The van der Waals surface area contributed by atoms with Gasteiger partial charge in [-0.15, -0.1) is 0 Å². The van der Waals surface area contributed by atoms with Gasteiger partial charge in [-0.3, -0.25) is 4.79 Å². The second-order valence-electron chi connectivity index (χ2n) is 4.33. The van der Waals surface area contributed by atoms with Crippen molar-refractivity contribution in [2.75, 3.05) is 0 Å². The Hall–Kier alpha value is -1.63. The molecule has 7 heteroatoms. The highest BCUT2D eigenvalue weighted by Gasteiger charge is 2.49. The Kier molecular flexibility index (Phi) is 2.51. The quantitative estimate of drug-likeness (QED) is 0.935. The Labute approximate surface area is 111 Å². The molecule has 3 rings (SSSR count). The average molecular weight is 312 g/mol. The number of hydrogen-bond acceptors (Lipinski definition) is 5. The Morgan fingerprint density at radius 3 is 2.72 bits per heavy atom. The lowest BCUT2D eigenvalue weighted by Gasteiger charge is -2.34. The monoisotopic (exact) mass is 311 g/mol. The fraction of sp³-hybridized carbons (Fsp3) is 0.364. The third-order valence-corrected chi connectivity index (χ3v) is 3.73. The maximum absolute atomic E-state index is 11.5. The molecule has 2 heterocycles. The molecular weight excluding hydrogens is 302 g/mol. The van der Waals surface area contributed by atoms with Crippen LogP contribution in [0.25, 0.3) is 11.6 Å². The van der Waals surface area contributed by atoms with Crippen molar-refractivity contribution in [3.05, 3.63) is 22.7 Å². The third kappa shape index (κ3) is 1.58. The van der Waals surface area contributed by atoms with Gasteiger partial charge in [-0.2, -0.15) is 4.98 Å². The molecule has 0 bridgehead atoms. The van der Waals surface area contributed by atoms with Crippen LogP contribution in [-0.2, 0) is 10.2 Å². The number of aromatic nitrogens is 2. The molecule has 2 N–H and O–H groups in total. The van der Waals surface area contributed by atoms with E-state index in [1.54, 1.807) is 12.1 Å². The molecule has 0 atom stereocenters. The molecule has 2 aromatic rings. The van der Waals surface area contributed by atoms with Crippen LogP contribution >= 0.6 is 15.9 Å². The second-order valence-corrected chi connectivity index (χ2v) is 5.11. The van der Waals surface area contributed by atoms with Crippen LogP contribution in [-0.4, -0.2) is 16.0 Å². The molecule has 1 aliphatic carbocycles. The maximum atomic E-state index is 11.5. The van der Waals surface area contributed by atoms with Crippen molar-refractivity contribution in [3.8, 4) is 11.6 Å². The van der Waals surface area contributed by atoms with E-state index in [2.05, 4.69) is 26.1 Å². The van der Waals surface area contributed by atoms with Gasteiger partial charge in [0.1, 0.15) is 5.41 Å². The van der Waals surface area contributed by atoms with Crippen LogP contribution in [0.3, 0.4) is 0 Å². The van der Waals surface area contributed by atoms with Crippen molar-refractivity contribution in [2.45, 2.75) is 24.7 Å². The zero-order valence-electron chi connectivity index (χ0n) is 9.35. The van der Waals surface area contributed by atoms with Crippen molar-refractivity contribution in [2.24, 2.45) is 5.73 Å². The van der Waals surface area contributed by atoms with Gasteiger partial charge in [-0.05, 0) is 40.9 Å². The predicted octanol–water partition coefficient (Wildman–Crippen LogP) is 2.00. The first-order valence-electron chi connectivity index (χ1n) is 5.52. The van der Waals surface area contributed by atoms with Gasteiger partial charge in [0.2, 0.25) is 17.6 Å². The number of nitrogens with zero attached hydrogens (tertiary/aromatic N) is 2. The number of nitrogens with two attached hydrogens (primary N) is 1. The number of amides is 1. The molecule has 0 aromatic carbocycles. The van der Waals surface area contributed by atoms with E-state index in [1.807, 2.05) is 0 Å². The van der Waals surface area contributed by atoms with E-state index >= 15 is 0 Å². The van der Waals surface area contributed by atoms with Gasteiger partial charge >= 0.3 is 0 Å². The van der Waals surface area contributed by atoms with Gasteiger partial charge < -0.3 is 14.7 Å². The van der Waals surface area contributed by atoms with Crippen molar-refractivity contribution < 1.29 is 13.7 Å². The van der Waals surface area contributed by atoms with Crippen molar-refractivity contribution in [3.63, 3.8) is 0 Å². The molecule has 0 radical (unpaired) electrons. The first-order chi connectivity index (χ1) is 8.62. The summed E-state index contributed by atoms with van der Waals surface area (Å²) >= 11 is 3.20. The van der Waals surface area contributed by atoms with Gasteiger partial charge in [0.15, 0.2) is 10.4 Å². The summed E-state index contributed by atoms with van der Waals surface area (Å²) in [7, 11) is 0. The first kappa shape index (κ1) is 11.5. The number of hydrogen-bond donors (Lipinski definition) is 1. The van der Waals surface area contributed by atoms with Gasteiger partial charge in [0.05, 0.1) is 0 Å². The largest absolute Gasteiger partial charge is 0.446 e. The van der Waals surface area contributed by atoms with Crippen LogP contribution in [0.2, 0.25) is 0 Å². The lowest BCUT2D eigenvalue weighted by atomic mass is 9.68. The molecular formula is C11H10BrN3O3. The third-order valence-electron chi connectivity index (χ3n) is 3.31. The fourth-order valence-corrected chi connectivity index (χ4v) is 2.35. The van der Waals surface area contributed by atoms with Crippen LogP contribution in [0, 0.1) is 0 Å². The minimum Gasteiger partial charge on any atom is -0.446 e. The van der Waals surface area contributed by atoms with Crippen LogP contribution in [0.5, 0.6) is 0 Å². The summed E-state index contributed by atoms with van der Waals surface area (Å²) in [5.74, 6) is 0.674. The summed E-state index contributed by atoms with van der Waals surface area (Å²) in [5, 5.41) is 3.82. The smallest absolute Gasteiger partial charge is 0.242 e. The molecule has 18 heavy (non-hydrogen) atoms. The highest BCUT2D eigenvalue weighted by atomic mass is 79.9. The lowest BCUT2D eigenvalue weighted by molar-refractivity contribution is -0.127. The van der Waals surface area contributed by atoms with Gasteiger partial charge in [-0.1, -0.05) is 11.6 Å². The van der Waals surface area contributed by atoms with E-state index in [1.165, 1.54) is 0 Å². The first-order valence-corrected chi connectivity index (χ1v) is 6.31. The number of carbonyl (C=O) groups excluding carboxylic acids is 1. The van der Waals surface area contributed by atoms with E-state index in [0.717, 1.165) is 6.42 Å². The molecule has 0 unspecified atom stereocenters. The van der Waals surface area contributed by atoms with Crippen LogP contribution < -0.4 is 5.73 Å². The summed E-state index contributed by atoms with van der Waals surface area (Å²) in [6, 6.07) is 3.45. The molecule has 1 aliphatic rings. The zero-order chi connectivity index (χ0) is 12.8. The summed E-state index contributed by atoms with van der Waals surface area (Å²) in [4.78, 5) is 15.7. The SMILES string of the molecule is NC(=O)C1(c2nc(-c3ccc(Br)o3)no2)CCC1. The minimum absolute atomic E-state index is 0.281. The highest BCUT2D eigenvalue weighted by molar-refractivity contribution is 9.10. The van der Waals surface area contributed by atoms with E-state index in [4.69, 9.17) is 14.7 Å². The van der Waals surface area contributed by atoms with Gasteiger partial charge in [0.25, 0.3) is 0 Å². The van der Waals surface area contributed by atoms with E-state index in [-0.39, 0.29) is 5.89 Å². The molecule has 0 spiro atoms. The molecule has 1 saturated carbocycles. The Morgan fingerprint density at radius 2 is 2.22 bits per heavy atom. The van der Waals surface area contributed by atoms with E-state index in [9.17, 15) is 4.79 Å². The molecule has 2 aromatic heterocycles. The normalized spacial score (nSPS) is 17.4. The van der Waals surface area contributed by atoms with Gasteiger partial charge in [-0.25, -0.2) is 0 Å². The van der Waals surface area contributed by atoms with Crippen LogP contribution in [0.1, 0.15) is 25.2 Å². The molecule has 0 saturated heterocycles. The predicted molar refractivity (Wildman–Crippen MR) is 64.4 cm³/mol. The lowest BCUT2D eigenvalue weighted by Crippen LogP contribution is -2.47. The van der Waals surface area contributed by atoms with Crippen LogP contribution in [0.15, 0.2) is 25.7 Å². The molecule has 6 nitrogen and oxygen atoms in total. The van der Waals surface area contributed by atoms with Crippen molar-refractivity contribution >= 4 is 21.8 Å². The number of primary amides is 1. The summed E-state index contributed by atoms with van der Waals surface area (Å²) in [6.45, 7) is 0. The Bertz CT molecular complexity index is 600. The number of carbonyl (C=O) groups is 1. The fourth-order valence-electron chi connectivity index (χ4n) is 2.05. The standard InChI is InChI=1S/C11H10BrN3O3/c12-7-3-2-6(17-7)8-14-10(18-15-8)11(9(13)16)4-1-5-11/h2-3H,1,4-5H2,(H2,13,16). The Balaban J connectivity index is 1.96. The highest BCUT2D eigenvalue weighted by Crippen LogP contribution is 2.43. The number of halogens is 1.